The first kappa shape index (κ1) is 16.5. The molecular formula is C16H26N6. The number of aryl methyl sites for hydroxylation is 1. The monoisotopic (exact) mass is 302 g/mol. The summed E-state index contributed by atoms with van der Waals surface area (Å²) in [6, 6.07) is 4.10. The van der Waals surface area contributed by atoms with E-state index in [1.54, 1.807) is 12.4 Å². The van der Waals surface area contributed by atoms with E-state index in [1.165, 1.54) is 5.56 Å². The maximum Gasteiger partial charge on any atom is 0.184 e. The molecule has 1 aliphatic rings. The van der Waals surface area contributed by atoms with Gasteiger partial charge in [0.2, 0.25) is 0 Å². The van der Waals surface area contributed by atoms with E-state index in [2.05, 4.69) is 33.3 Å². The fraction of sp³-hybridized carbons (Fsp3) is 0.500. The zero-order chi connectivity index (χ0) is 15.8. The van der Waals surface area contributed by atoms with E-state index in [4.69, 9.17) is 11.5 Å². The Labute approximate surface area is 132 Å². The van der Waals surface area contributed by atoms with Gasteiger partial charge < -0.3 is 16.0 Å². The van der Waals surface area contributed by atoms with Gasteiger partial charge in [-0.2, -0.15) is 0 Å². The molecule has 6 nitrogen and oxygen atoms in total. The van der Waals surface area contributed by atoms with Crippen molar-refractivity contribution in [3.63, 3.8) is 0 Å². The Balaban J connectivity index is 1.74. The maximum atomic E-state index is 6.17. The van der Waals surface area contributed by atoms with Gasteiger partial charge in [-0.15, -0.1) is 0 Å². The van der Waals surface area contributed by atoms with Gasteiger partial charge in [0.1, 0.15) is 5.82 Å². The third-order valence-corrected chi connectivity index (χ3v) is 3.75. The molecule has 0 aliphatic carbocycles. The van der Waals surface area contributed by atoms with Gasteiger partial charge in [0.25, 0.3) is 0 Å². The van der Waals surface area contributed by atoms with Crippen LogP contribution in [0.3, 0.4) is 0 Å². The van der Waals surface area contributed by atoms with Crippen molar-refractivity contribution in [2.24, 2.45) is 16.5 Å². The number of rotatable bonds is 8. The van der Waals surface area contributed by atoms with E-state index in [0.717, 1.165) is 31.6 Å². The van der Waals surface area contributed by atoms with Gasteiger partial charge >= 0.3 is 0 Å². The number of aliphatic imine (C=N–C) groups is 1. The molecule has 5 N–H and O–H groups in total. The van der Waals surface area contributed by atoms with E-state index in [1.807, 2.05) is 18.3 Å². The molecule has 0 spiro atoms. The molecule has 0 radical (unpaired) electrons. The first-order valence-electron chi connectivity index (χ1n) is 7.76. The van der Waals surface area contributed by atoms with Crippen molar-refractivity contribution in [2.45, 2.75) is 31.5 Å². The second kappa shape index (κ2) is 7.91. The summed E-state index contributed by atoms with van der Waals surface area (Å²) < 4.78 is 0. The van der Waals surface area contributed by atoms with E-state index in [0.29, 0.717) is 13.0 Å². The third-order valence-electron chi connectivity index (χ3n) is 3.75. The van der Waals surface area contributed by atoms with Crippen molar-refractivity contribution in [1.82, 2.24) is 15.2 Å². The highest BCUT2D eigenvalue weighted by atomic mass is 15.3. The molecule has 0 saturated heterocycles. The SMILES string of the molecule is CN(CCCCc1cccnc1)C1=CC=NC(N)(CCN)N1. The van der Waals surface area contributed by atoms with Crippen LogP contribution in [0.2, 0.25) is 0 Å². The number of nitrogens with two attached hydrogens (primary N) is 2. The third kappa shape index (κ3) is 4.82. The predicted octanol–water partition coefficient (Wildman–Crippen LogP) is 0.813. The second-order valence-corrected chi connectivity index (χ2v) is 5.66. The minimum Gasteiger partial charge on any atom is -0.361 e. The fourth-order valence-electron chi connectivity index (χ4n) is 2.45. The summed E-state index contributed by atoms with van der Waals surface area (Å²) in [4.78, 5) is 10.6. The molecule has 0 saturated carbocycles. The summed E-state index contributed by atoms with van der Waals surface area (Å²) in [5.41, 5.74) is 13.0. The molecule has 120 valence electrons. The van der Waals surface area contributed by atoms with Crippen LogP contribution in [0, 0.1) is 0 Å². The molecule has 0 aromatic carbocycles. The molecule has 22 heavy (non-hydrogen) atoms. The quantitative estimate of drug-likeness (QED) is 0.618. The first-order valence-corrected chi connectivity index (χ1v) is 7.76. The molecule has 1 atom stereocenters. The zero-order valence-corrected chi connectivity index (χ0v) is 13.2. The van der Waals surface area contributed by atoms with Crippen molar-refractivity contribution in [2.75, 3.05) is 20.1 Å². The number of hydrogen-bond acceptors (Lipinski definition) is 6. The molecule has 0 amide bonds. The Morgan fingerprint density at radius 2 is 2.23 bits per heavy atom. The molecule has 0 fully saturated rings. The van der Waals surface area contributed by atoms with Gasteiger partial charge in [-0.25, -0.2) is 0 Å². The Hall–Kier alpha value is -1.92. The molecular weight excluding hydrogens is 276 g/mol. The lowest BCUT2D eigenvalue weighted by Gasteiger charge is -2.34. The molecule has 2 heterocycles. The smallest absolute Gasteiger partial charge is 0.184 e. The first-order chi connectivity index (χ1) is 10.6. The topological polar surface area (TPSA) is 92.6 Å². The van der Waals surface area contributed by atoms with Gasteiger partial charge in [0, 0.05) is 38.6 Å². The zero-order valence-electron chi connectivity index (χ0n) is 13.2. The largest absolute Gasteiger partial charge is 0.361 e. The van der Waals surface area contributed by atoms with Crippen molar-refractivity contribution in [3.8, 4) is 0 Å². The van der Waals surface area contributed by atoms with Crippen LogP contribution in [0.1, 0.15) is 24.8 Å². The summed E-state index contributed by atoms with van der Waals surface area (Å²) in [6.07, 6.45) is 11.3. The molecule has 6 heteroatoms. The molecule has 1 aliphatic heterocycles. The number of nitrogens with one attached hydrogen (secondary N) is 1. The van der Waals surface area contributed by atoms with Crippen molar-refractivity contribution < 1.29 is 0 Å². The average molecular weight is 302 g/mol. The number of unbranched alkanes of at least 4 members (excludes halogenated alkanes) is 1. The summed E-state index contributed by atoms with van der Waals surface area (Å²) >= 11 is 0. The molecule has 2 rings (SSSR count). The number of allylic oxidation sites excluding steroid dienone is 1. The van der Waals surface area contributed by atoms with Gasteiger partial charge in [0.15, 0.2) is 5.79 Å². The highest BCUT2D eigenvalue weighted by molar-refractivity contribution is 5.73. The minimum absolute atomic E-state index is 0.503. The number of nitrogens with zero attached hydrogens (tertiary/aromatic N) is 3. The fourth-order valence-corrected chi connectivity index (χ4v) is 2.45. The standard InChI is InChI=1S/C16H26N6/c1-22(12-3-2-5-14-6-4-10-19-13-14)15-7-11-20-16(18,21-15)8-9-17/h4,6-7,10-11,13,21H,2-3,5,8-9,12,17-18H2,1H3. The van der Waals surface area contributed by atoms with Crippen molar-refractivity contribution in [1.29, 1.82) is 0 Å². The van der Waals surface area contributed by atoms with Gasteiger partial charge in [-0.05, 0) is 43.5 Å². The normalized spacial score (nSPS) is 20.4. The highest BCUT2D eigenvalue weighted by Crippen LogP contribution is 2.13. The number of pyridine rings is 1. The van der Waals surface area contributed by atoms with E-state index in [9.17, 15) is 0 Å². The summed E-state index contributed by atoms with van der Waals surface area (Å²) in [5, 5.41) is 3.27. The average Bonchev–Trinajstić information content (AvgIpc) is 2.52. The molecule has 1 aromatic heterocycles. The van der Waals surface area contributed by atoms with Crippen molar-refractivity contribution in [3.05, 3.63) is 42.0 Å². The summed E-state index contributed by atoms with van der Waals surface area (Å²) in [7, 11) is 2.06. The van der Waals surface area contributed by atoms with Crippen molar-refractivity contribution >= 4 is 6.21 Å². The van der Waals surface area contributed by atoms with E-state index in [-0.39, 0.29) is 0 Å². The van der Waals surface area contributed by atoms with Crippen LogP contribution in [-0.4, -0.2) is 42.0 Å². The Bertz CT molecular complexity index is 513. The van der Waals surface area contributed by atoms with Gasteiger partial charge in [-0.1, -0.05) is 6.07 Å². The second-order valence-electron chi connectivity index (χ2n) is 5.66. The van der Waals surface area contributed by atoms with Crippen LogP contribution >= 0.6 is 0 Å². The number of aromatic nitrogens is 1. The Morgan fingerprint density at radius 1 is 1.36 bits per heavy atom. The molecule has 0 bridgehead atoms. The highest BCUT2D eigenvalue weighted by Gasteiger charge is 2.25. The lowest BCUT2D eigenvalue weighted by molar-refractivity contribution is 0.286. The lowest BCUT2D eigenvalue weighted by Crippen LogP contribution is -2.56. The lowest BCUT2D eigenvalue weighted by atomic mass is 10.1. The van der Waals surface area contributed by atoms with Crippen LogP contribution in [0.25, 0.3) is 0 Å². The van der Waals surface area contributed by atoms with Gasteiger partial charge in [0.05, 0.1) is 0 Å². The van der Waals surface area contributed by atoms with Crippen LogP contribution in [0.4, 0.5) is 0 Å². The minimum atomic E-state index is -0.775. The van der Waals surface area contributed by atoms with Crippen LogP contribution in [-0.2, 0) is 6.42 Å². The van der Waals surface area contributed by atoms with E-state index >= 15 is 0 Å². The van der Waals surface area contributed by atoms with Crippen LogP contribution < -0.4 is 16.8 Å². The predicted molar refractivity (Wildman–Crippen MR) is 90.1 cm³/mol. The van der Waals surface area contributed by atoms with E-state index < -0.39 is 5.79 Å². The Kier molecular flexibility index (Phi) is 5.91. The van der Waals surface area contributed by atoms with Crippen LogP contribution in [0.5, 0.6) is 0 Å². The Morgan fingerprint density at radius 3 is 2.95 bits per heavy atom. The molecule has 1 aromatic rings. The van der Waals surface area contributed by atoms with Crippen LogP contribution in [0.15, 0.2) is 41.4 Å². The summed E-state index contributed by atoms with van der Waals surface area (Å²) in [5.74, 6) is 0.218. The van der Waals surface area contributed by atoms with Gasteiger partial charge in [-0.3, -0.25) is 15.7 Å². The summed E-state index contributed by atoms with van der Waals surface area (Å²) in [6.45, 7) is 1.47. The number of hydrogen-bond donors (Lipinski definition) is 3. The maximum absolute atomic E-state index is 6.17. The molecule has 1 unspecified atom stereocenters.